The number of rotatable bonds is 8. The highest BCUT2D eigenvalue weighted by Gasteiger charge is 2.40. The molecule has 2 unspecified atom stereocenters. The molecule has 180 valence electrons. The lowest BCUT2D eigenvalue weighted by Crippen LogP contribution is -2.56. The quantitative estimate of drug-likeness (QED) is 0.283. The summed E-state index contributed by atoms with van der Waals surface area (Å²) in [4.78, 5) is 10.4. The predicted molar refractivity (Wildman–Crippen MR) is 146 cm³/mol. The Morgan fingerprint density at radius 2 is 1.88 bits per heavy atom. The molecule has 3 aliphatic rings. The van der Waals surface area contributed by atoms with E-state index in [-0.39, 0.29) is 29.5 Å². The molecule has 0 aromatic heterocycles. The Labute approximate surface area is 215 Å². The lowest BCUT2D eigenvalue weighted by atomic mass is 9.96. The second-order valence-corrected chi connectivity index (χ2v) is 9.98. The monoisotopic (exact) mass is 573 g/mol. The molecule has 3 heterocycles. The van der Waals surface area contributed by atoms with Gasteiger partial charge in [0.15, 0.2) is 5.96 Å². The van der Waals surface area contributed by atoms with Gasteiger partial charge in [-0.15, -0.1) is 24.0 Å². The zero-order valence-electron chi connectivity index (χ0n) is 19.4. The van der Waals surface area contributed by atoms with Crippen molar-refractivity contribution in [1.82, 2.24) is 20.4 Å². The Kier molecular flexibility index (Phi) is 10.9. The van der Waals surface area contributed by atoms with Crippen LogP contribution in [0.25, 0.3) is 0 Å². The molecule has 6 nitrogen and oxygen atoms in total. The molecular weight excluding hydrogens is 533 g/mol. The summed E-state index contributed by atoms with van der Waals surface area (Å²) < 4.78 is 5.61. The largest absolute Gasteiger partial charge is 0.379 e. The van der Waals surface area contributed by atoms with Crippen LogP contribution in [-0.2, 0) is 4.74 Å². The number of guanidine groups is 1. The lowest BCUT2D eigenvalue weighted by molar-refractivity contribution is -0.0104. The summed E-state index contributed by atoms with van der Waals surface area (Å²) in [5.41, 5.74) is 1.58. The van der Waals surface area contributed by atoms with Gasteiger partial charge in [-0.1, -0.05) is 30.3 Å². The molecule has 1 aromatic rings. The highest BCUT2D eigenvalue weighted by atomic mass is 127. The van der Waals surface area contributed by atoms with Gasteiger partial charge in [-0.2, -0.15) is 11.8 Å². The van der Waals surface area contributed by atoms with Gasteiger partial charge in [-0.25, -0.2) is 0 Å². The summed E-state index contributed by atoms with van der Waals surface area (Å²) >= 11 is 2.07. The molecule has 3 fully saturated rings. The van der Waals surface area contributed by atoms with E-state index < -0.39 is 0 Å². The number of halogens is 1. The molecule has 8 heteroatoms. The van der Waals surface area contributed by atoms with Gasteiger partial charge < -0.3 is 15.4 Å². The fourth-order valence-electron chi connectivity index (χ4n) is 5.06. The van der Waals surface area contributed by atoms with Crippen molar-refractivity contribution in [2.24, 2.45) is 4.99 Å². The van der Waals surface area contributed by atoms with E-state index in [9.17, 15) is 0 Å². The van der Waals surface area contributed by atoms with Crippen LogP contribution >= 0.6 is 35.7 Å². The van der Waals surface area contributed by atoms with Crippen LogP contribution in [0.3, 0.4) is 0 Å². The lowest BCUT2D eigenvalue weighted by Gasteiger charge is -2.42. The van der Waals surface area contributed by atoms with Crippen molar-refractivity contribution >= 4 is 41.7 Å². The zero-order chi connectivity index (χ0) is 21.4. The average Bonchev–Trinajstić information content (AvgIpc) is 3.52. The SMILES string of the molecule is CCNC(=NCC1(N2CCOCC2)CCSC1)NCC(c1ccccc1)N1CCCC1.I. The van der Waals surface area contributed by atoms with E-state index in [4.69, 9.17) is 9.73 Å². The maximum absolute atomic E-state index is 5.61. The first-order valence-electron chi connectivity index (χ1n) is 12.0. The summed E-state index contributed by atoms with van der Waals surface area (Å²) in [5, 5.41) is 7.18. The fraction of sp³-hybridized carbons (Fsp3) is 0.708. The molecule has 0 spiro atoms. The van der Waals surface area contributed by atoms with Gasteiger partial charge in [0.2, 0.25) is 0 Å². The van der Waals surface area contributed by atoms with Crippen molar-refractivity contribution in [3.05, 3.63) is 35.9 Å². The van der Waals surface area contributed by atoms with Crippen molar-refractivity contribution in [3.8, 4) is 0 Å². The number of hydrogen-bond donors (Lipinski definition) is 2. The third-order valence-corrected chi connectivity index (χ3v) is 8.10. The summed E-state index contributed by atoms with van der Waals surface area (Å²) in [6, 6.07) is 11.3. The smallest absolute Gasteiger partial charge is 0.191 e. The summed E-state index contributed by atoms with van der Waals surface area (Å²) in [6.45, 7) is 10.9. The number of likely N-dealkylation sites (tertiary alicyclic amines) is 1. The fourth-order valence-corrected chi connectivity index (χ4v) is 6.52. The van der Waals surface area contributed by atoms with Gasteiger partial charge in [0.05, 0.1) is 31.3 Å². The predicted octanol–water partition coefficient (Wildman–Crippen LogP) is 3.20. The first kappa shape index (κ1) is 26.1. The van der Waals surface area contributed by atoms with E-state index in [1.165, 1.54) is 49.4 Å². The maximum atomic E-state index is 5.61. The third kappa shape index (κ3) is 6.74. The van der Waals surface area contributed by atoms with Crippen LogP contribution in [0.15, 0.2) is 35.3 Å². The first-order valence-corrected chi connectivity index (χ1v) is 13.2. The number of nitrogens with one attached hydrogen (secondary N) is 2. The second kappa shape index (κ2) is 13.4. The van der Waals surface area contributed by atoms with Crippen LogP contribution in [0.1, 0.15) is 37.8 Å². The number of nitrogens with zero attached hydrogens (tertiary/aromatic N) is 3. The van der Waals surface area contributed by atoms with Crippen molar-refractivity contribution in [1.29, 1.82) is 0 Å². The van der Waals surface area contributed by atoms with Gasteiger partial charge in [-0.05, 0) is 50.6 Å². The van der Waals surface area contributed by atoms with Gasteiger partial charge >= 0.3 is 0 Å². The Morgan fingerprint density at radius 3 is 2.53 bits per heavy atom. The van der Waals surface area contributed by atoms with Crippen LogP contribution in [-0.4, -0.2) is 91.8 Å². The van der Waals surface area contributed by atoms with E-state index in [0.717, 1.165) is 51.9 Å². The molecule has 4 rings (SSSR count). The molecule has 1 aromatic carbocycles. The van der Waals surface area contributed by atoms with Gasteiger partial charge in [0, 0.05) is 31.9 Å². The molecule has 2 atom stereocenters. The zero-order valence-corrected chi connectivity index (χ0v) is 22.6. The molecule has 0 aliphatic carbocycles. The number of ether oxygens (including phenoxy) is 1. The number of aliphatic imine (C=N–C) groups is 1. The molecule has 0 bridgehead atoms. The summed E-state index contributed by atoms with van der Waals surface area (Å²) in [7, 11) is 0. The van der Waals surface area contributed by atoms with Crippen LogP contribution in [0.2, 0.25) is 0 Å². The molecule has 2 N–H and O–H groups in total. The molecule has 0 saturated carbocycles. The minimum atomic E-state index is 0. The maximum Gasteiger partial charge on any atom is 0.191 e. The standard InChI is InChI=1S/C24H39N5OS.HI/c1-2-25-23(27-19-24(10-17-31-20-24)29-13-15-30-16-14-29)26-18-22(28-11-6-7-12-28)21-8-4-3-5-9-21;/h3-5,8-9,22H,2,6-7,10-20H2,1H3,(H2,25,26,27);1H. The summed E-state index contributed by atoms with van der Waals surface area (Å²) in [6.07, 6.45) is 3.83. The number of thioether (sulfide) groups is 1. The van der Waals surface area contributed by atoms with Crippen molar-refractivity contribution < 1.29 is 4.74 Å². The molecule has 0 radical (unpaired) electrons. The van der Waals surface area contributed by atoms with E-state index >= 15 is 0 Å². The van der Waals surface area contributed by atoms with Crippen molar-refractivity contribution in [2.75, 3.05) is 70.5 Å². The van der Waals surface area contributed by atoms with Crippen LogP contribution in [0, 0.1) is 0 Å². The third-order valence-electron chi connectivity index (χ3n) is 6.87. The molecular formula is C24H40IN5OS. The van der Waals surface area contributed by atoms with Crippen molar-refractivity contribution in [3.63, 3.8) is 0 Å². The minimum absolute atomic E-state index is 0. The topological polar surface area (TPSA) is 52.1 Å². The Hall–Kier alpha value is -0.550. The highest BCUT2D eigenvalue weighted by molar-refractivity contribution is 14.0. The minimum Gasteiger partial charge on any atom is -0.379 e. The Balaban J connectivity index is 0.00000289. The Morgan fingerprint density at radius 1 is 1.12 bits per heavy atom. The van der Waals surface area contributed by atoms with Gasteiger partial charge in [0.25, 0.3) is 0 Å². The number of morpholine rings is 1. The van der Waals surface area contributed by atoms with E-state index in [1.54, 1.807) is 0 Å². The first-order chi connectivity index (χ1) is 15.3. The highest BCUT2D eigenvalue weighted by Crippen LogP contribution is 2.34. The van der Waals surface area contributed by atoms with Crippen LogP contribution < -0.4 is 10.6 Å². The van der Waals surface area contributed by atoms with E-state index in [2.05, 4.69) is 69.5 Å². The van der Waals surface area contributed by atoms with Gasteiger partial charge in [-0.3, -0.25) is 14.8 Å². The molecule has 3 aliphatic heterocycles. The van der Waals surface area contributed by atoms with Crippen LogP contribution in [0.4, 0.5) is 0 Å². The summed E-state index contributed by atoms with van der Waals surface area (Å²) in [5.74, 6) is 3.37. The van der Waals surface area contributed by atoms with E-state index in [0.29, 0.717) is 6.04 Å². The van der Waals surface area contributed by atoms with Crippen molar-refractivity contribution in [2.45, 2.75) is 37.8 Å². The molecule has 0 amide bonds. The van der Waals surface area contributed by atoms with E-state index in [1.807, 2.05) is 0 Å². The molecule has 32 heavy (non-hydrogen) atoms. The average molecular weight is 574 g/mol. The molecule has 3 saturated heterocycles. The Bertz CT molecular complexity index is 689. The number of hydrogen-bond acceptors (Lipinski definition) is 5. The normalized spacial score (nSPS) is 26.0. The van der Waals surface area contributed by atoms with Gasteiger partial charge in [0.1, 0.15) is 0 Å². The number of benzene rings is 1. The van der Waals surface area contributed by atoms with Crippen LogP contribution in [0.5, 0.6) is 0 Å². The second-order valence-electron chi connectivity index (χ2n) is 8.87.